The zero-order valence-electron chi connectivity index (χ0n) is 17.4. The molecule has 0 heterocycles. The maximum Gasteiger partial charge on any atom is 0.407 e. The minimum absolute atomic E-state index is 0.0550. The Morgan fingerprint density at radius 2 is 1.80 bits per heavy atom. The molecule has 25 heavy (non-hydrogen) atoms. The molecular formula is C20H35NO3Si. The van der Waals surface area contributed by atoms with Gasteiger partial charge in [-0.25, -0.2) is 4.79 Å². The van der Waals surface area contributed by atoms with Gasteiger partial charge in [-0.3, -0.25) is 0 Å². The maximum atomic E-state index is 12.1. The molecule has 1 aliphatic carbocycles. The lowest BCUT2D eigenvalue weighted by atomic mass is 9.87. The zero-order chi connectivity index (χ0) is 19.6. The molecule has 0 fully saturated rings. The van der Waals surface area contributed by atoms with Gasteiger partial charge in [-0.1, -0.05) is 26.7 Å². The summed E-state index contributed by atoms with van der Waals surface area (Å²) in [5.74, 6) is 2.78. The van der Waals surface area contributed by atoms with Crippen LogP contribution >= 0.6 is 0 Å². The van der Waals surface area contributed by atoms with Crippen LogP contribution in [0.1, 0.15) is 61.3 Å². The molecule has 1 N–H and O–H groups in total. The summed E-state index contributed by atoms with van der Waals surface area (Å²) < 4.78 is 12.0. The fourth-order valence-electron chi connectivity index (χ4n) is 2.55. The highest BCUT2D eigenvalue weighted by molar-refractivity contribution is 6.74. The normalized spacial score (nSPS) is 22.4. The molecule has 0 spiro atoms. The van der Waals surface area contributed by atoms with Crippen LogP contribution in [0.5, 0.6) is 0 Å². The fourth-order valence-corrected chi connectivity index (χ4v) is 3.88. The number of rotatable bonds is 3. The van der Waals surface area contributed by atoms with Gasteiger partial charge in [0.1, 0.15) is 5.60 Å². The van der Waals surface area contributed by atoms with Gasteiger partial charge in [0, 0.05) is 18.0 Å². The van der Waals surface area contributed by atoms with Crippen LogP contribution in [-0.2, 0) is 9.16 Å². The maximum absolute atomic E-state index is 12.1. The summed E-state index contributed by atoms with van der Waals surface area (Å²) in [5.41, 5.74) is 1.53. The average molecular weight is 366 g/mol. The van der Waals surface area contributed by atoms with Gasteiger partial charge >= 0.3 is 6.09 Å². The first-order chi connectivity index (χ1) is 11.2. The van der Waals surface area contributed by atoms with E-state index in [0.29, 0.717) is 6.42 Å². The van der Waals surface area contributed by atoms with Crippen LogP contribution in [0.2, 0.25) is 18.1 Å². The SMILES string of the molecule is C#CC1=C(C)[C@@H](O[Si](C)(C)C(C)(C)C)C[C@H](NC(=O)OC(C)(C)C)C1. The molecule has 0 unspecified atom stereocenters. The first-order valence-corrected chi connectivity index (χ1v) is 11.9. The standard InChI is InChI=1S/C20H35NO3Si/c1-11-15-12-16(21-18(22)23-19(3,4)5)13-17(14(15)2)24-25(9,10)20(6,7)8/h1,16-17H,12-13H2,2-10H3,(H,21,22)/t16-,17+/m1/s1. The number of alkyl carbamates (subject to hydrolysis) is 1. The van der Waals surface area contributed by atoms with Crippen molar-refractivity contribution in [1.29, 1.82) is 0 Å². The van der Waals surface area contributed by atoms with Crippen molar-refractivity contribution in [1.82, 2.24) is 5.32 Å². The molecule has 0 saturated carbocycles. The predicted molar refractivity (Wildman–Crippen MR) is 106 cm³/mol. The third-order valence-electron chi connectivity index (χ3n) is 5.05. The lowest BCUT2D eigenvalue weighted by molar-refractivity contribution is 0.0486. The smallest absolute Gasteiger partial charge is 0.407 e. The molecule has 0 aromatic carbocycles. The second kappa shape index (κ2) is 7.55. The van der Waals surface area contributed by atoms with Crippen molar-refractivity contribution in [2.24, 2.45) is 0 Å². The molecule has 0 bridgehead atoms. The third-order valence-corrected chi connectivity index (χ3v) is 9.53. The van der Waals surface area contributed by atoms with Gasteiger partial charge in [0.05, 0.1) is 6.10 Å². The van der Waals surface area contributed by atoms with Gasteiger partial charge in [0.25, 0.3) is 0 Å². The Morgan fingerprint density at radius 3 is 2.24 bits per heavy atom. The Morgan fingerprint density at radius 1 is 1.24 bits per heavy atom. The van der Waals surface area contributed by atoms with Crippen molar-refractivity contribution >= 4 is 14.4 Å². The van der Waals surface area contributed by atoms with Gasteiger partial charge in [-0.2, -0.15) is 0 Å². The molecule has 2 atom stereocenters. The van der Waals surface area contributed by atoms with E-state index in [0.717, 1.165) is 17.6 Å². The van der Waals surface area contributed by atoms with Crippen LogP contribution in [0.15, 0.2) is 11.1 Å². The van der Waals surface area contributed by atoms with Crippen LogP contribution in [0.3, 0.4) is 0 Å². The Hall–Kier alpha value is -1.25. The summed E-state index contributed by atoms with van der Waals surface area (Å²) in [5, 5.41) is 3.08. The number of hydrogen-bond acceptors (Lipinski definition) is 3. The Balaban J connectivity index is 2.93. The number of ether oxygens (including phenoxy) is 1. The van der Waals surface area contributed by atoms with Crippen LogP contribution in [0, 0.1) is 12.3 Å². The molecule has 1 rings (SSSR count). The summed E-state index contributed by atoms with van der Waals surface area (Å²) in [7, 11) is -1.93. The second-order valence-electron chi connectivity index (χ2n) is 9.46. The average Bonchev–Trinajstić information content (AvgIpc) is 2.38. The quantitative estimate of drug-likeness (QED) is 0.565. The van der Waals surface area contributed by atoms with E-state index >= 15 is 0 Å². The minimum atomic E-state index is -1.93. The lowest BCUT2D eigenvalue weighted by Crippen LogP contribution is -2.48. The van der Waals surface area contributed by atoms with Gasteiger partial charge in [0.15, 0.2) is 8.32 Å². The van der Waals surface area contributed by atoms with E-state index in [1.165, 1.54) is 0 Å². The molecule has 0 aromatic rings. The Labute approximate surface area is 154 Å². The highest BCUT2D eigenvalue weighted by Crippen LogP contribution is 2.40. The number of carbonyl (C=O) groups excluding carboxylic acids is 1. The fraction of sp³-hybridized carbons (Fsp3) is 0.750. The van der Waals surface area contributed by atoms with E-state index in [1.54, 1.807) is 0 Å². The number of carbonyl (C=O) groups is 1. The molecule has 5 heteroatoms. The van der Waals surface area contributed by atoms with Crippen molar-refractivity contribution in [3.8, 4) is 12.3 Å². The van der Waals surface area contributed by atoms with Crippen molar-refractivity contribution < 1.29 is 14.0 Å². The van der Waals surface area contributed by atoms with Crippen molar-refractivity contribution in [3.63, 3.8) is 0 Å². The van der Waals surface area contributed by atoms with E-state index in [2.05, 4.69) is 52.0 Å². The van der Waals surface area contributed by atoms with E-state index in [1.807, 2.05) is 20.8 Å². The molecule has 0 saturated heterocycles. The lowest BCUT2D eigenvalue weighted by Gasteiger charge is -2.42. The van der Waals surface area contributed by atoms with Gasteiger partial charge in [0.2, 0.25) is 0 Å². The molecule has 0 aromatic heterocycles. The minimum Gasteiger partial charge on any atom is -0.444 e. The van der Waals surface area contributed by atoms with Crippen molar-refractivity contribution in [3.05, 3.63) is 11.1 Å². The number of terminal acetylenes is 1. The summed E-state index contributed by atoms with van der Waals surface area (Å²) in [4.78, 5) is 12.1. The predicted octanol–water partition coefficient (Wildman–Crippen LogP) is 5.01. The molecular weight excluding hydrogens is 330 g/mol. The Kier molecular flexibility index (Phi) is 6.58. The Bertz CT molecular complexity index is 573. The van der Waals surface area contributed by atoms with E-state index in [9.17, 15) is 4.79 Å². The van der Waals surface area contributed by atoms with Gasteiger partial charge < -0.3 is 14.5 Å². The monoisotopic (exact) mass is 365 g/mol. The molecule has 1 amide bonds. The molecule has 0 aliphatic heterocycles. The van der Waals surface area contributed by atoms with Crippen molar-refractivity contribution in [2.45, 2.75) is 97.2 Å². The first-order valence-electron chi connectivity index (χ1n) is 9.00. The first kappa shape index (κ1) is 21.8. The summed E-state index contributed by atoms with van der Waals surface area (Å²) in [6.45, 7) is 18.8. The number of amides is 1. The summed E-state index contributed by atoms with van der Waals surface area (Å²) in [6, 6.07) is -0.0700. The van der Waals surface area contributed by atoms with Crippen LogP contribution in [0.25, 0.3) is 0 Å². The van der Waals surface area contributed by atoms with Crippen LogP contribution in [0.4, 0.5) is 4.79 Å². The van der Waals surface area contributed by atoms with E-state index < -0.39 is 20.0 Å². The van der Waals surface area contributed by atoms with Crippen LogP contribution < -0.4 is 5.32 Å². The number of nitrogens with one attached hydrogen (secondary N) is 1. The van der Waals surface area contributed by atoms with Gasteiger partial charge in [-0.15, -0.1) is 6.42 Å². The molecule has 1 aliphatic rings. The molecule has 142 valence electrons. The third kappa shape index (κ3) is 6.20. The van der Waals surface area contributed by atoms with E-state index in [-0.39, 0.29) is 17.2 Å². The van der Waals surface area contributed by atoms with Gasteiger partial charge in [-0.05, 0) is 57.8 Å². The highest BCUT2D eigenvalue weighted by Gasteiger charge is 2.41. The molecule has 4 nitrogen and oxygen atoms in total. The topological polar surface area (TPSA) is 47.6 Å². The summed E-state index contributed by atoms with van der Waals surface area (Å²) >= 11 is 0. The summed E-state index contributed by atoms with van der Waals surface area (Å²) in [6.07, 6.45) is 6.62. The zero-order valence-corrected chi connectivity index (χ0v) is 18.4. The second-order valence-corrected chi connectivity index (χ2v) is 14.2. The highest BCUT2D eigenvalue weighted by atomic mass is 28.4. The molecule has 0 radical (unpaired) electrons. The largest absolute Gasteiger partial charge is 0.444 e. The van der Waals surface area contributed by atoms with Crippen molar-refractivity contribution in [2.75, 3.05) is 0 Å². The van der Waals surface area contributed by atoms with E-state index in [4.69, 9.17) is 15.6 Å². The van der Waals surface area contributed by atoms with Crippen LogP contribution in [-0.4, -0.2) is 32.2 Å². The number of hydrogen-bond donors (Lipinski definition) is 1.